The summed E-state index contributed by atoms with van der Waals surface area (Å²) in [4.78, 5) is 43.5. The number of amides is 1. The first-order valence-corrected chi connectivity index (χ1v) is 12.7. The minimum atomic E-state index is -1.69. The van der Waals surface area contributed by atoms with Gasteiger partial charge in [-0.25, -0.2) is 4.79 Å². The number of nitrogens with two attached hydrogens (primary N) is 1. The van der Waals surface area contributed by atoms with Crippen LogP contribution in [0.5, 0.6) is 0 Å². The number of halogens is 1. The highest BCUT2D eigenvalue weighted by Crippen LogP contribution is 2.57. The van der Waals surface area contributed by atoms with Gasteiger partial charge in [0.1, 0.15) is 16.8 Å². The van der Waals surface area contributed by atoms with Crippen LogP contribution >= 0.6 is 15.9 Å². The van der Waals surface area contributed by atoms with E-state index >= 15 is 0 Å². The standard InChI is InChI=1S/C28H28BrN3O4/c1-5-36-25(34)23-24(30)32(17-8-6-7-16(29)12-17)20-13-27(3,4)14-21(33)22(20)28(23)18-11-15(2)9-10-19(18)31-26(28)35/h6-12H,5,13-14,30H2,1-4H3,(H,31,35). The number of hydrogen-bond acceptors (Lipinski definition) is 6. The summed E-state index contributed by atoms with van der Waals surface area (Å²) in [6, 6.07) is 13.0. The lowest BCUT2D eigenvalue weighted by atomic mass is 9.60. The van der Waals surface area contributed by atoms with E-state index in [0.717, 1.165) is 10.0 Å². The lowest BCUT2D eigenvalue weighted by molar-refractivity contribution is -0.140. The fourth-order valence-corrected chi connectivity index (χ4v) is 6.15. The highest BCUT2D eigenvalue weighted by atomic mass is 79.9. The number of carbonyl (C=O) groups excluding carboxylic acids is 3. The van der Waals surface area contributed by atoms with Gasteiger partial charge < -0.3 is 15.8 Å². The molecule has 0 radical (unpaired) electrons. The molecule has 3 N–H and O–H groups in total. The molecule has 3 aliphatic rings. The van der Waals surface area contributed by atoms with Crippen molar-refractivity contribution >= 4 is 45.0 Å². The van der Waals surface area contributed by atoms with E-state index in [2.05, 4.69) is 21.2 Å². The van der Waals surface area contributed by atoms with Crippen molar-refractivity contribution < 1.29 is 19.1 Å². The molecule has 186 valence electrons. The number of hydrogen-bond donors (Lipinski definition) is 2. The molecule has 36 heavy (non-hydrogen) atoms. The number of Topliss-reactive ketones (excluding diaryl/α,β-unsaturated/α-hetero) is 1. The van der Waals surface area contributed by atoms with Crippen LogP contribution in [-0.2, 0) is 24.5 Å². The van der Waals surface area contributed by atoms with Crippen LogP contribution in [0.3, 0.4) is 0 Å². The van der Waals surface area contributed by atoms with Crippen molar-refractivity contribution in [2.75, 3.05) is 16.8 Å². The SMILES string of the molecule is CCOC(=O)C1=C(N)N(c2cccc(Br)c2)C2=C(C(=O)CC(C)(C)C2)C12C(=O)Nc1ccc(C)cc12. The molecule has 0 bridgehead atoms. The predicted molar refractivity (Wildman–Crippen MR) is 141 cm³/mol. The largest absolute Gasteiger partial charge is 0.462 e. The van der Waals surface area contributed by atoms with Gasteiger partial charge in [0.05, 0.1) is 6.61 Å². The third kappa shape index (κ3) is 3.42. The van der Waals surface area contributed by atoms with E-state index in [1.165, 1.54) is 0 Å². The number of ketones is 1. The smallest absolute Gasteiger partial charge is 0.339 e. The number of carbonyl (C=O) groups is 3. The normalized spacial score (nSPS) is 22.5. The number of anilines is 2. The fraction of sp³-hybridized carbons (Fsp3) is 0.321. The van der Waals surface area contributed by atoms with Crippen LogP contribution in [-0.4, -0.2) is 24.3 Å². The monoisotopic (exact) mass is 549 g/mol. The molecule has 1 amide bonds. The van der Waals surface area contributed by atoms with Gasteiger partial charge in [-0.1, -0.05) is 53.5 Å². The van der Waals surface area contributed by atoms with E-state index in [4.69, 9.17) is 10.5 Å². The molecule has 0 aromatic heterocycles. The van der Waals surface area contributed by atoms with Crippen LogP contribution in [0.25, 0.3) is 0 Å². The van der Waals surface area contributed by atoms with Crippen molar-refractivity contribution in [3.05, 3.63) is 80.7 Å². The van der Waals surface area contributed by atoms with E-state index < -0.39 is 17.3 Å². The van der Waals surface area contributed by atoms with Gasteiger partial charge >= 0.3 is 5.97 Å². The Morgan fingerprint density at radius 1 is 1.17 bits per heavy atom. The van der Waals surface area contributed by atoms with Gasteiger partial charge in [0.25, 0.3) is 0 Å². The molecular weight excluding hydrogens is 522 g/mol. The van der Waals surface area contributed by atoms with E-state index in [1.54, 1.807) is 17.9 Å². The molecule has 1 atom stereocenters. The number of ether oxygens (including phenoxy) is 1. The van der Waals surface area contributed by atoms with E-state index in [-0.39, 0.29) is 35.6 Å². The summed E-state index contributed by atoms with van der Waals surface area (Å²) in [6.45, 7) is 7.74. The number of fused-ring (bicyclic) bond motifs is 3. The van der Waals surface area contributed by atoms with Gasteiger partial charge in [-0.2, -0.15) is 0 Å². The first kappa shape index (κ1) is 24.3. The van der Waals surface area contributed by atoms with Gasteiger partial charge in [-0.3, -0.25) is 14.5 Å². The molecule has 0 fully saturated rings. The Bertz CT molecular complexity index is 1410. The van der Waals surface area contributed by atoms with Crippen LogP contribution < -0.4 is 16.0 Å². The lowest BCUT2D eigenvalue weighted by Gasteiger charge is -2.47. The third-order valence-corrected chi connectivity index (χ3v) is 7.58. The van der Waals surface area contributed by atoms with Gasteiger partial charge in [-0.05, 0) is 49.9 Å². The summed E-state index contributed by atoms with van der Waals surface area (Å²) in [7, 11) is 0. The predicted octanol–water partition coefficient (Wildman–Crippen LogP) is 4.84. The summed E-state index contributed by atoms with van der Waals surface area (Å²) in [5.41, 5.74) is 8.37. The second-order valence-electron chi connectivity index (χ2n) is 10.3. The van der Waals surface area contributed by atoms with Gasteiger partial charge in [-0.15, -0.1) is 0 Å². The molecule has 2 heterocycles. The van der Waals surface area contributed by atoms with Crippen molar-refractivity contribution in [1.29, 1.82) is 0 Å². The number of benzene rings is 2. The summed E-state index contributed by atoms with van der Waals surface area (Å²) < 4.78 is 6.28. The Morgan fingerprint density at radius 3 is 2.61 bits per heavy atom. The molecule has 2 aromatic rings. The Hall–Kier alpha value is -3.39. The molecule has 0 saturated heterocycles. The number of aryl methyl sites for hydroxylation is 1. The zero-order chi connectivity index (χ0) is 26.0. The van der Waals surface area contributed by atoms with Gasteiger partial charge in [0.2, 0.25) is 5.91 Å². The summed E-state index contributed by atoms with van der Waals surface area (Å²) in [6.07, 6.45) is 0.734. The average molecular weight is 550 g/mol. The minimum absolute atomic E-state index is 0.0296. The number of nitrogens with one attached hydrogen (secondary N) is 1. The molecule has 0 saturated carbocycles. The molecular formula is C28H28BrN3O4. The minimum Gasteiger partial charge on any atom is -0.462 e. The number of allylic oxidation sites excluding steroid dienone is 1. The zero-order valence-corrected chi connectivity index (χ0v) is 22.3. The molecule has 2 aliphatic heterocycles. The van der Waals surface area contributed by atoms with Crippen LogP contribution in [0.15, 0.2) is 69.6 Å². The molecule has 1 unspecified atom stereocenters. The van der Waals surface area contributed by atoms with Crippen molar-refractivity contribution in [2.24, 2.45) is 11.1 Å². The number of esters is 1. The first-order chi connectivity index (χ1) is 17.0. The Kier molecular flexibility index (Phi) is 5.63. The highest BCUT2D eigenvalue weighted by molar-refractivity contribution is 9.10. The zero-order valence-electron chi connectivity index (χ0n) is 20.7. The molecule has 1 aliphatic carbocycles. The maximum Gasteiger partial charge on any atom is 0.339 e. The van der Waals surface area contributed by atoms with Crippen LogP contribution in [0, 0.1) is 12.3 Å². The Labute approximate surface area is 218 Å². The maximum absolute atomic E-state index is 14.0. The first-order valence-electron chi connectivity index (χ1n) is 11.9. The van der Waals surface area contributed by atoms with Gasteiger partial charge in [0, 0.05) is 39.1 Å². The quantitative estimate of drug-likeness (QED) is 0.531. The summed E-state index contributed by atoms with van der Waals surface area (Å²) in [5, 5.41) is 2.92. The fourth-order valence-electron chi connectivity index (χ4n) is 5.76. The number of nitrogens with zero attached hydrogens (tertiary/aromatic N) is 1. The number of rotatable bonds is 3. The van der Waals surface area contributed by atoms with Crippen molar-refractivity contribution in [2.45, 2.75) is 46.0 Å². The molecule has 7 nitrogen and oxygen atoms in total. The molecule has 8 heteroatoms. The second kappa shape index (κ2) is 8.34. The Balaban J connectivity index is 1.93. The third-order valence-electron chi connectivity index (χ3n) is 7.08. The van der Waals surface area contributed by atoms with E-state index in [0.29, 0.717) is 34.6 Å². The molecule has 2 aromatic carbocycles. The molecule has 1 spiro atoms. The topological polar surface area (TPSA) is 102 Å². The van der Waals surface area contributed by atoms with Crippen LogP contribution in [0.4, 0.5) is 11.4 Å². The Morgan fingerprint density at radius 2 is 1.92 bits per heavy atom. The maximum atomic E-state index is 14.0. The van der Waals surface area contributed by atoms with E-state index in [9.17, 15) is 14.4 Å². The summed E-state index contributed by atoms with van der Waals surface area (Å²) in [5.74, 6) is -1.28. The second-order valence-corrected chi connectivity index (χ2v) is 11.2. The average Bonchev–Trinajstić information content (AvgIpc) is 3.04. The van der Waals surface area contributed by atoms with Crippen LogP contribution in [0.2, 0.25) is 0 Å². The van der Waals surface area contributed by atoms with Crippen LogP contribution in [0.1, 0.15) is 44.7 Å². The van der Waals surface area contributed by atoms with Crippen molar-refractivity contribution in [1.82, 2.24) is 0 Å². The van der Waals surface area contributed by atoms with E-state index in [1.807, 2.05) is 57.2 Å². The highest BCUT2D eigenvalue weighted by Gasteiger charge is 2.63. The van der Waals surface area contributed by atoms with Crippen molar-refractivity contribution in [3.63, 3.8) is 0 Å². The summed E-state index contributed by atoms with van der Waals surface area (Å²) >= 11 is 3.52. The van der Waals surface area contributed by atoms with Crippen molar-refractivity contribution in [3.8, 4) is 0 Å². The lowest BCUT2D eigenvalue weighted by Crippen LogP contribution is -2.54. The van der Waals surface area contributed by atoms with Gasteiger partial charge in [0.15, 0.2) is 5.78 Å². The molecule has 5 rings (SSSR count).